The summed E-state index contributed by atoms with van der Waals surface area (Å²) < 4.78 is 31.2. The number of rotatable bonds is 3. The molecular weight excluding hydrogens is 286 g/mol. The number of hydrogen-bond donors (Lipinski definition) is 0. The van der Waals surface area contributed by atoms with E-state index in [2.05, 4.69) is 25.8 Å². The van der Waals surface area contributed by atoms with Crippen LogP contribution in [-0.2, 0) is 10.1 Å². The molecule has 1 heterocycles. The third kappa shape index (κ3) is 5.77. The van der Waals surface area contributed by atoms with Crippen molar-refractivity contribution >= 4 is 10.1 Å². The van der Waals surface area contributed by atoms with E-state index in [1.165, 1.54) is 38.1 Å². The molecule has 0 spiro atoms. The van der Waals surface area contributed by atoms with Gasteiger partial charge in [0.05, 0.1) is 4.90 Å². The van der Waals surface area contributed by atoms with Gasteiger partial charge in [0.1, 0.15) is 10.1 Å². The van der Waals surface area contributed by atoms with Gasteiger partial charge in [0.25, 0.3) is 0 Å². The molecule has 0 bridgehead atoms. The molecule has 1 saturated heterocycles. The second-order valence-corrected chi connectivity index (χ2v) is 7.20. The summed E-state index contributed by atoms with van der Waals surface area (Å²) in [4.78, 5) is 2.28. The van der Waals surface area contributed by atoms with Crippen LogP contribution in [0.3, 0.4) is 0 Å². The van der Waals surface area contributed by atoms with E-state index in [4.69, 9.17) is 0 Å². The maximum Gasteiger partial charge on any atom is 0.124 e. The first-order chi connectivity index (χ1) is 9.77. The molecule has 2 unspecified atom stereocenters. The van der Waals surface area contributed by atoms with E-state index in [0.717, 1.165) is 17.4 Å². The second-order valence-electron chi connectivity index (χ2n) is 5.83. The van der Waals surface area contributed by atoms with Crippen molar-refractivity contribution in [2.45, 2.75) is 38.5 Å². The van der Waals surface area contributed by atoms with Crippen molar-refractivity contribution in [2.24, 2.45) is 11.8 Å². The van der Waals surface area contributed by atoms with E-state index >= 15 is 0 Å². The Morgan fingerprint density at radius 3 is 1.86 bits per heavy atom. The summed E-state index contributed by atoms with van der Waals surface area (Å²) in [5, 5.41) is 0. The van der Waals surface area contributed by atoms with Crippen LogP contribution in [0.5, 0.6) is 0 Å². The van der Waals surface area contributed by atoms with Gasteiger partial charge in [-0.05, 0) is 37.9 Å². The van der Waals surface area contributed by atoms with Crippen LogP contribution in [0.2, 0.25) is 0 Å². The van der Waals surface area contributed by atoms with Crippen molar-refractivity contribution in [1.82, 2.24) is 4.90 Å². The minimum Gasteiger partial charge on any atom is -0.744 e. The van der Waals surface area contributed by atoms with Gasteiger partial charge in [-0.2, -0.15) is 0 Å². The molecule has 2 rings (SSSR count). The largest absolute Gasteiger partial charge is 0.744 e. The Bertz CT molecular complexity index is 513. The smallest absolute Gasteiger partial charge is 0.124 e. The number of aryl methyl sites for hydroxylation is 1. The lowest BCUT2D eigenvalue weighted by Gasteiger charge is -2.12. The Balaban J connectivity index is 0.000000211. The Labute approximate surface area is 128 Å². The lowest BCUT2D eigenvalue weighted by atomic mass is 9.92. The van der Waals surface area contributed by atoms with Crippen LogP contribution in [0.4, 0.5) is 0 Å². The number of nitrogens with zero attached hydrogens (tertiary/aromatic N) is 1. The van der Waals surface area contributed by atoms with E-state index in [1.807, 2.05) is 6.92 Å². The molecule has 1 fully saturated rings. The maximum absolute atomic E-state index is 10.4. The van der Waals surface area contributed by atoms with Crippen LogP contribution in [0, 0.1) is 18.8 Å². The molecule has 2 atom stereocenters. The zero-order valence-corrected chi connectivity index (χ0v) is 14.2. The molecule has 21 heavy (non-hydrogen) atoms. The van der Waals surface area contributed by atoms with Crippen molar-refractivity contribution in [1.29, 1.82) is 0 Å². The van der Waals surface area contributed by atoms with Crippen molar-refractivity contribution in [3.05, 3.63) is 29.8 Å². The molecule has 0 saturated carbocycles. The van der Waals surface area contributed by atoms with Gasteiger partial charge in [0, 0.05) is 13.1 Å². The van der Waals surface area contributed by atoms with Crippen LogP contribution >= 0.6 is 0 Å². The number of likely N-dealkylation sites (tertiary alicyclic amines) is 1. The molecule has 0 aliphatic carbocycles. The highest BCUT2D eigenvalue weighted by Crippen LogP contribution is 2.26. The van der Waals surface area contributed by atoms with Gasteiger partial charge >= 0.3 is 0 Å². The quantitative estimate of drug-likeness (QED) is 0.805. The molecule has 120 valence electrons. The van der Waals surface area contributed by atoms with Crippen molar-refractivity contribution in [3.8, 4) is 0 Å². The zero-order chi connectivity index (χ0) is 16.0. The molecule has 0 N–H and O–H groups in total. The lowest BCUT2D eigenvalue weighted by Crippen LogP contribution is -2.13. The van der Waals surface area contributed by atoms with E-state index in [0.29, 0.717) is 0 Å². The predicted molar refractivity (Wildman–Crippen MR) is 84.2 cm³/mol. The van der Waals surface area contributed by atoms with Gasteiger partial charge in [-0.1, -0.05) is 44.4 Å². The monoisotopic (exact) mass is 312 g/mol. The fourth-order valence-electron chi connectivity index (χ4n) is 2.80. The summed E-state index contributed by atoms with van der Waals surface area (Å²) in [5.74, 6) is 1.96. The molecule has 1 aromatic carbocycles. The third-order valence-electron chi connectivity index (χ3n) is 4.12. The van der Waals surface area contributed by atoms with Crippen LogP contribution in [0.25, 0.3) is 0 Å². The molecule has 0 amide bonds. The Morgan fingerprint density at radius 1 is 1.10 bits per heavy atom. The maximum atomic E-state index is 10.4. The highest BCUT2D eigenvalue weighted by molar-refractivity contribution is 7.85. The summed E-state index contributed by atoms with van der Waals surface area (Å²) in [7, 11) is -2.04. The van der Waals surface area contributed by atoms with Gasteiger partial charge in [0.15, 0.2) is 0 Å². The summed E-state index contributed by atoms with van der Waals surface area (Å²) in [5.41, 5.74) is 0.928. The van der Waals surface area contributed by atoms with Crippen molar-refractivity contribution in [2.75, 3.05) is 20.1 Å². The van der Waals surface area contributed by atoms with Crippen LogP contribution < -0.4 is 0 Å². The Hall–Kier alpha value is -0.910. The van der Waals surface area contributed by atoms with Gasteiger partial charge in [-0.15, -0.1) is 0 Å². The minimum atomic E-state index is -4.27. The van der Waals surface area contributed by atoms with E-state index in [1.54, 1.807) is 12.1 Å². The number of hydrogen-bond acceptors (Lipinski definition) is 4. The zero-order valence-electron chi connectivity index (χ0n) is 13.4. The fraction of sp³-hybridized carbons (Fsp3) is 0.625. The second kappa shape index (κ2) is 7.92. The van der Waals surface area contributed by atoms with Crippen molar-refractivity contribution in [3.63, 3.8) is 0 Å². The van der Waals surface area contributed by atoms with Crippen LogP contribution in [0.1, 0.15) is 32.3 Å². The van der Waals surface area contributed by atoms with E-state index in [-0.39, 0.29) is 4.90 Å². The SMILES string of the molecule is CCC1CN(C)CC1CC.Cc1ccc(S(=O)(=O)[O-])cc1. The van der Waals surface area contributed by atoms with Gasteiger partial charge < -0.3 is 9.45 Å². The molecule has 4 nitrogen and oxygen atoms in total. The summed E-state index contributed by atoms with van der Waals surface area (Å²) >= 11 is 0. The molecule has 1 aliphatic heterocycles. The fourth-order valence-corrected chi connectivity index (χ4v) is 3.27. The summed E-state index contributed by atoms with van der Waals surface area (Å²) in [6.07, 6.45) is 2.73. The average Bonchev–Trinajstić information content (AvgIpc) is 2.79. The van der Waals surface area contributed by atoms with E-state index in [9.17, 15) is 13.0 Å². The Kier molecular flexibility index (Phi) is 6.84. The molecule has 1 aliphatic rings. The van der Waals surface area contributed by atoms with Gasteiger partial charge in [-0.25, -0.2) is 8.42 Å². The Morgan fingerprint density at radius 2 is 1.52 bits per heavy atom. The molecular formula is C16H26NO3S-. The molecule has 5 heteroatoms. The third-order valence-corrected chi connectivity index (χ3v) is 4.97. The molecule has 0 radical (unpaired) electrons. The number of benzene rings is 1. The highest BCUT2D eigenvalue weighted by Gasteiger charge is 2.27. The standard InChI is InChI=1S/C9H19N.C7H8O3S/c1-4-8-6-10(3)7-9(8)5-2;1-6-2-4-7(5-3-6)11(8,9)10/h8-9H,4-7H2,1-3H3;2-5H,1H3,(H,8,9,10)/p-1. The first-order valence-corrected chi connectivity index (χ1v) is 8.89. The van der Waals surface area contributed by atoms with Crippen LogP contribution in [-0.4, -0.2) is 38.0 Å². The predicted octanol–water partition coefficient (Wildman–Crippen LogP) is 2.88. The van der Waals surface area contributed by atoms with Gasteiger partial charge in [-0.3, -0.25) is 0 Å². The van der Waals surface area contributed by atoms with Crippen molar-refractivity contribution < 1.29 is 13.0 Å². The average molecular weight is 312 g/mol. The summed E-state index contributed by atoms with van der Waals surface area (Å²) in [6, 6.07) is 5.78. The first-order valence-electron chi connectivity index (χ1n) is 7.49. The molecule has 0 aromatic heterocycles. The summed E-state index contributed by atoms with van der Waals surface area (Å²) in [6.45, 7) is 9.10. The highest BCUT2D eigenvalue weighted by atomic mass is 32.2. The normalized spacial score (nSPS) is 22.7. The van der Waals surface area contributed by atoms with E-state index < -0.39 is 10.1 Å². The van der Waals surface area contributed by atoms with Gasteiger partial charge in [0.2, 0.25) is 0 Å². The topological polar surface area (TPSA) is 60.4 Å². The first kappa shape index (κ1) is 18.1. The molecule has 1 aromatic rings. The van der Waals surface area contributed by atoms with Crippen LogP contribution in [0.15, 0.2) is 29.2 Å². The lowest BCUT2D eigenvalue weighted by molar-refractivity contribution is 0.392. The minimum absolute atomic E-state index is 0.178.